The maximum Gasteiger partial charge on any atom is 0.250 e. The summed E-state index contributed by atoms with van der Waals surface area (Å²) in [6.45, 7) is 6.01. The molecule has 0 fully saturated rings. The highest BCUT2D eigenvalue weighted by atomic mass is 32.1. The van der Waals surface area contributed by atoms with Crippen LogP contribution in [-0.4, -0.2) is 22.6 Å². The van der Waals surface area contributed by atoms with Gasteiger partial charge in [0.2, 0.25) is 0 Å². The molecule has 0 saturated carbocycles. The van der Waals surface area contributed by atoms with Gasteiger partial charge in [-0.1, -0.05) is 30.3 Å². The fraction of sp³-hybridized carbons (Fsp3) is 0.286. The van der Waals surface area contributed by atoms with Gasteiger partial charge < -0.3 is 15.2 Å². The van der Waals surface area contributed by atoms with Crippen molar-refractivity contribution in [2.45, 2.75) is 33.5 Å². The van der Waals surface area contributed by atoms with Crippen molar-refractivity contribution in [2.24, 2.45) is 4.99 Å². The SMILES string of the molecule is CN=C(NCc1ccc(Cn2ccccc2=O)cc1)NCc1nc(C)c(C)s1. The zero-order valence-corrected chi connectivity index (χ0v) is 17.2. The maximum atomic E-state index is 11.8. The minimum atomic E-state index is 0.00809. The Labute approximate surface area is 169 Å². The Morgan fingerprint density at radius 1 is 1.07 bits per heavy atom. The fourth-order valence-corrected chi connectivity index (χ4v) is 3.60. The zero-order chi connectivity index (χ0) is 19.9. The number of hydrogen-bond acceptors (Lipinski definition) is 4. The first kappa shape index (κ1) is 19.8. The van der Waals surface area contributed by atoms with Crippen LogP contribution in [-0.2, 0) is 19.6 Å². The maximum absolute atomic E-state index is 11.8. The van der Waals surface area contributed by atoms with Gasteiger partial charge in [0.15, 0.2) is 5.96 Å². The zero-order valence-electron chi connectivity index (χ0n) is 16.4. The minimum Gasteiger partial charge on any atom is -0.352 e. The number of aromatic nitrogens is 2. The standard InChI is InChI=1S/C21H25N5OS/c1-15-16(2)28-19(25-15)13-24-21(22-3)23-12-17-7-9-18(10-8-17)14-26-11-5-4-6-20(26)27/h4-11H,12-14H2,1-3H3,(H2,22,23,24). The molecule has 0 aliphatic carbocycles. The van der Waals surface area contributed by atoms with Crippen LogP contribution in [0.3, 0.4) is 0 Å². The van der Waals surface area contributed by atoms with Crippen molar-refractivity contribution in [3.8, 4) is 0 Å². The molecule has 0 saturated heterocycles. The third-order valence-electron chi connectivity index (χ3n) is 4.44. The molecule has 6 nitrogen and oxygen atoms in total. The van der Waals surface area contributed by atoms with E-state index in [2.05, 4.69) is 39.7 Å². The van der Waals surface area contributed by atoms with Gasteiger partial charge in [0.05, 0.1) is 18.8 Å². The van der Waals surface area contributed by atoms with E-state index in [1.165, 1.54) is 4.88 Å². The van der Waals surface area contributed by atoms with Crippen LogP contribution >= 0.6 is 11.3 Å². The third kappa shape index (κ3) is 5.29. The van der Waals surface area contributed by atoms with Gasteiger partial charge in [0.25, 0.3) is 5.56 Å². The molecule has 0 radical (unpaired) electrons. The van der Waals surface area contributed by atoms with Gasteiger partial charge in [-0.25, -0.2) is 4.98 Å². The first-order valence-electron chi connectivity index (χ1n) is 9.16. The summed E-state index contributed by atoms with van der Waals surface area (Å²) < 4.78 is 1.70. The summed E-state index contributed by atoms with van der Waals surface area (Å²) in [6, 6.07) is 13.4. The van der Waals surface area contributed by atoms with Crippen molar-refractivity contribution in [2.75, 3.05) is 7.05 Å². The van der Waals surface area contributed by atoms with Gasteiger partial charge in [-0.3, -0.25) is 9.79 Å². The van der Waals surface area contributed by atoms with E-state index in [4.69, 9.17) is 0 Å². The largest absolute Gasteiger partial charge is 0.352 e. The number of rotatable bonds is 6. The second-order valence-electron chi connectivity index (χ2n) is 6.51. The number of guanidine groups is 1. The van der Waals surface area contributed by atoms with Crippen LogP contribution in [0.4, 0.5) is 0 Å². The number of benzene rings is 1. The van der Waals surface area contributed by atoms with Crippen molar-refractivity contribution in [1.29, 1.82) is 0 Å². The molecule has 3 rings (SSSR count). The van der Waals surface area contributed by atoms with Crippen LogP contribution in [0, 0.1) is 13.8 Å². The van der Waals surface area contributed by atoms with E-state index in [-0.39, 0.29) is 5.56 Å². The summed E-state index contributed by atoms with van der Waals surface area (Å²) in [5.41, 5.74) is 3.33. The summed E-state index contributed by atoms with van der Waals surface area (Å²) in [4.78, 5) is 21.9. The van der Waals surface area contributed by atoms with Gasteiger partial charge in [0, 0.05) is 30.7 Å². The Kier molecular flexibility index (Phi) is 6.60. The highest BCUT2D eigenvalue weighted by Gasteiger charge is 2.05. The molecule has 0 atom stereocenters. The molecule has 0 unspecified atom stereocenters. The first-order valence-corrected chi connectivity index (χ1v) is 9.97. The van der Waals surface area contributed by atoms with Crippen molar-refractivity contribution in [1.82, 2.24) is 20.2 Å². The number of aliphatic imine (C=N–C) groups is 1. The first-order chi connectivity index (χ1) is 13.5. The Morgan fingerprint density at radius 3 is 2.43 bits per heavy atom. The average Bonchev–Trinajstić information content (AvgIpc) is 3.02. The average molecular weight is 396 g/mol. The van der Waals surface area contributed by atoms with Crippen molar-refractivity contribution in [3.63, 3.8) is 0 Å². The number of pyridine rings is 1. The number of nitrogens with zero attached hydrogens (tertiary/aromatic N) is 3. The quantitative estimate of drug-likeness (QED) is 0.497. The monoisotopic (exact) mass is 395 g/mol. The molecule has 0 aliphatic rings. The summed E-state index contributed by atoms with van der Waals surface area (Å²) in [6.07, 6.45) is 1.80. The smallest absolute Gasteiger partial charge is 0.250 e. The lowest BCUT2D eigenvalue weighted by Crippen LogP contribution is -2.36. The molecule has 146 valence electrons. The molecule has 3 aromatic rings. The van der Waals surface area contributed by atoms with Crippen molar-refractivity contribution >= 4 is 17.3 Å². The van der Waals surface area contributed by atoms with E-state index in [0.717, 1.165) is 27.8 Å². The second-order valence-corrected chi connectivity index (χ2v) is 7.80. The van der Waals surface area contributed by atoms with Crippen LogP contribution in [0.15, 0.2) is 58.4 Å². The fourth-order valence-electron chi connectivity index (χ4n) is 2.73. The van der Waals surface area contributed by atoms with E-state index in [1.807, 2.05) is 25.1 Å². The lowest BCUT2D eigenvalue weighted by atomic mass is 10.1. The van der Waals surface area contributed by atoms with Gasteiger partial charge >= 0.3 is 0 Å². The van der Waals surface area contributed by atoms with Gasteiger partial charge in [-0.05, 0) is 31.0 Å². The Bertz CT molecular complexity index is 985. The molecule has 0 amide bonds. The predicted molar refractivity (Wildman–Crippen MR) is 115 cm³/mol. The molecular weight excluding hydrogens is 370 g/mol. The molecule has 7 heteroatoms. The van der Waals surface area contributed by atoms with E-state index >= 15 is 0 Å². The summed E-state index contributed by atoms with van der Waals surface area (Å²) in [5.74, 6) is 0.741. The predicted octanol–water partition coefficient (Wildman–Crippen LogP) is 2.84. The van der Waals surface area contributed by atoms with E-state index in [0.29, 0.717) is 19.6 Å². The third-order valence-corrected chi connectivity index (χ3v) is 5.51. The van der Waals surface area contributed by atoms with Gasteiger partial charge in [-0.15, -0.1) is 11.3 Å². The molecule has 0 spiro atoms. The van der Waals surface area contributed by atoms with Gasteiger partial charge in [-0.2, -0.15) is 0 Å². The van der Waals surface area contributed by atoms with Crippen LogP contribution in [0.5, 0.6) is 0 Å². The number of hydrogen-bond donors (Lipinski definition) is 2. The molecule has 2 aromatic heterocycles. The van der Waals surface area contributed by atoms with Crippen LogP contribution in [0.1, 0.15) is 26.7 Å². The molecule has 28 heavy (non-hydrogen) atoms. The summed E-state index contributed by atoms with van der Waals surface area (Å²) >= 11 is 1.70. The molecule has 0 bridgehead atoms. The van der Waals surface area contributed by atoms with Crippen LogP contribution in [0.2, 0.25) is 0 Å². The van der Waals surface area contributed by atoms with Crippen molar-refractivity contribution in [3.05, 3.63) is 85.7 Å². The molecule has 2 heterocycles. The van der Waals surface area contributed by atoms with Crippen LogP contribution < -0.4 is 16.2 Å². The van der Waals surface area contributed by atoms with E-state index in [1.54, 1.807) is 41.3 Å². The molecule has 1 aromatic carbocycles. The highest BCUT2D eigenvalue weighted by molar-refractivity contribution is 7.11. The number of nitrogens with one attached hydrogen (secondary N) is 2. The number of thiazole rings is 1. The van der Waals surface area contributed by atoms with E-state index in [9.17, 15) is 4.79 Å². The lowest BCUT2D eigenvalue weighted by molar-refractivity contribution is 0.758. The Morgan fingerprint density at radius 2 is 1.79 bits per heavy atom. The molecule has 2 N–H and O–H groups in total. The minimum absolute atomic E-state index is 0.00809. The molecule has 0 aliphatic heterocycles. The normalized spacial score (nSPS) is 11.5. The second kappa shape index (κ2) is 9.32. The molecular formula is C21H25N5OS. The Hall–Kier alpha value is -2.93. The van der Waals surface area contributed by atoms with E-state index < -0.39 is 0 Å². The topological polar surface area (TPSA) is 71.3 Å². The number of aryl methyl sites for hydroxylation is 2. The summed E-state index contributed by atoms with van der Waals surface area (Å²) in [5, 5.41) is 7.67. The van der Waals surface area contributed by atoms with Crippen molar-refractivity contribution < 1.29 is 0 Å². The van der Waals surface area contributed by atoms with Crippen LogP contribution in [0.25, 0.3) is 0 Å². The highest BCUT2D eigenvalue weighted by Crippen LogP contribution is 2.15. The lowest BCUT2D eigenvalue weighted by Gasteiger charge is -2.11. The Balaban J connectivity index is 1.52. The van der Waals surface area contributed by atoms with Gasteiger partial charge in [0.1, 0.15) is 5.01 Å². The summed E-state index contributed by atoms with van der Waals surface area (Å²) in [7, 11) is 1.76.